The fourth-order valence-corrected chi connectivity index (χ4v) is 4.36. The van der Waals surface area contributed by atoms with Gasteiger partial charge >= 0.3 is 0 Å². The van der Waals surface area contributed by atoms with Gasteiger partial charge in [0.2, 0.25) is 0 Å². The van der Waals surface area contributed by atoms with E-state index in [1.54, 1.807) is 6.07 Å². The molecule has 0 aliphatic carbocycles. The number of halogens is 3. The summed E-state index contributed by atoms with van der Waals surface area (Å²) >= 11 is 8.60. The number of thioether (sulfide) groups is 1. The van der Waals surface area contributed by atoms with E-state index in [0.717, 1.165) is 23.4 Å². The van der Waals surface area contributed by atoms with Gasteiger partial charge in [0.1, 0.15) is 11.6 Å². The average Bonchev–Trinajstić information content (AvgIpc) is 2.85. The van der Waals surface area contributed by atoms with Gasteiger partial charge in [-0.2, -0.15) is 0 Å². The van der Waals surface area contributed by atoms with E-state index >= 15 is 0 Å². The van der Waals surface area contributed by atoms with Crippen LogP contribution in [0.3, 0.4) is 0 Å². The first-order valence-electron chi connectivity index (χ1n) is 6.13. The molecule has 0 saturated heterocycles. The smallest absolute Gasteiger partial charge is 0.136 e. The minimum Gasteiger partial charge on any atom is -0.326 e. The molecule has 2 unspecified atom stereocenters. The first-order chi connectivity index (χ1) is 9.51. The fourth-order valence-electron chi connectivity index (χ4n) is 1.76. The molecule has 0 amide bonds. The molecule has 0 aliphatic heterocycles. The van der Waals surface area contributed by atoms with Crippen LogP contribution in [0.25, 0.3) is 0 Å². The van der Waals surface area contributed by atoms with Crippen LogP contribution in [0.2, 0.25) is 4.34 Å². The van der Waals surface area contributed by atoms with Crippen molar-refractivity contribution in [2.45, 2.75) is 29.5 Å². The van der Waals surface area contributed by atoms with Crippen LogP contribution in [0, 0.1) is 11.6 Å². The molecule has 2 N–H and O–H groups in total. The number of nitrogens with two attached hydrogens (primary N) is 1. The van der Waals surface area contributed by atoms with Gasteiger partial charge in [-0.25, -0.2) is 8.78 Å². The number of hydrogen-bond donors (Lipinski definition) is 1. The number of benzene rings is 1. The topological polar surface area (TPSA) is 26.0 Å². The van der Waals surface area contributed by atoms with Crippen molar-refractivity contribution in [2.24, 2.45) is 5.73 Å². The zero-order valence-corrected chi connectivity index (χ0v) is 13.2. The number of thiophene rings is 1. The quantitative estimate of drug-likeness (QED) is 0.756. The van der Waals surface area contributed by atoms with E-state index < -0.39 is 11.6 Å². The van der Waals surface area contributed by atoms with Crippen LogP contribution >= 0.6 is 34.7 Å². The zero-order valence-electron chi connectivity index (χ0n) is 10.8. The van der Waals surface area contributed by atoms with Gasteiger partial charge in [0.15, 0.2) is 0 Å². The van der Waals surface area contributed by atoms with Crippen LogP contribution in [0.4, 0.5) is 8.78 Å². The lowest BCUT2D eigenvalue weighted by molar-refractivity contribution is 0.575. The van der Waals surface area contributed by atoms with Gasteiger partial charge in [-0.1, -0.05) is 18.5 Å². The molecule has 2 atom stereocenters. The molecule has 6 heteroatoms. The molecule has 1 aromatic carbocycles. The molecular weight excluding hydrogens is 320 g/mol. The largest absolute Gasteiger partial charge is 0.326 e. The van der Waals surface area contributed by atoms with E-state index in [-0.39, 0.29) is 16.2 Å². The van der Waals surface area contributed by atoms with Crippen LogP contribution in [0.15, 0.2) is 35.2 Å². The highest BCUT2D eigenvalue weighted by Gasteiger charge is 2.23. The van der Waals surface area contributed by atoms with Crippen LogP contribution < -0.4 is 5.73 Å². The summed E-state index contributed by atoms with van der Waals surface area (Å²) in [6, 6.07) is 6.96. The highest BCUT2D eigenvalue weighted by atomic mass is 35.5. The molecule has 0 saturated carbocycles. The van der Waals surface area contributed by atoms with Crippen molar-refractivity contribution in [3.8, 4) is 0 Å². The Hall–Kier alpha value is -0.620. The van der Waals surface area contributed by atoms with Crippen molar-refractivity contribution in [2.75, 3.05) is 0 Å². The maximum absolute atomic E-state index is 13.8. The third kappa shape index (κ3) is 3.73. The fraction of sp³-hybridized carbons (Fsp3) is 0.286. The minimum absolute atomic E-state index is 0.145. The van der Waals surface area contributed by atoms with E-state index in [1.807, 2.05) is 13.0 Å². The monoisotopic (exact) mass is 333 g/mol. The second-order valence-electron chi connectivity index (χ2n) is 4.33. The molecule has 0 aliphatic rings. The molecule has 1 aromatic heterocycles. The normalized spacial score (nSPS) is 14.2. The summed E-state index contributed by atoms with van der Waals surface area (Å²) in [7, 11) is 0. The number of hydrogen-bond acceptors (Lipinski definition) is 3. The molecule has 2 rings (SSSR count). The summed E-state index contributed by atoms with van der Waals surface area (Å²) in [6.07, 6.45) is 0.740. The Morgan fingerprint density at radius 1 is 1.30 bits per heavy atom. The Morgan fingerprint density at radius 2 is 2.05 bits per heavy atom. The van der Waals surface area contributed by atoms with E-state index in [9.17, 15) is 8.78 Å². The van der Waals surface area contributed by atoms with E-state index in [4.69, 9.17) is 17.3 Å². The Kier molecular flexibility index (Phi) is 5.43. The van der Waals surface area contributed by atoms with Crippen molar-refractivity contribution >= 4 is 34.7 Å². The highest BCUT2D eigenvalue weighted by Crippen LogP contribution is 2.42. The molecule has 0 bridgehead atoms. The Labute approximate surface area is 130 Å². The van der Waals surface area contributed by atoms with Crippen molar-refractivity contribution in [1.29, 1.82) is 0 Å². The lowest BCUT2D eigenvalue weighted by Gasteiger charge is -2.21. The molecule has 0 spiro atoms. The van der Waals surface area contributed by atoms with Gasteiger partial charge in [-0.3, -0.25) is 0 Å². The summed E-state index contributed by atoms with van der Waals surface area (Å²) in [5.74, 6) is -0.894. The van der Waals surface area contributed by atoms with Gasteiger partial charge in [0.05, 0.1) is 9.59 Å². The Balaban J connectivity index is 2.30. The van der Waals surface area contributed by atoms with Crippen molar-refractivity contribution in [1.82, 2.24) is 0 Å². The first kappa shape index (κ1) is 15.8. The molecule has 2 aromatic rings. The predicted molar refractivity (Wildman–Crippen MR) is 82.6 cm³/mol. The molecule has 0 radical (unpaired) electrons. The van der Waals surface area contributed by atoms with E-state index in [2.05, 4.69) is 0 Å². The third-order valence-corrected chi connectivity index (χ3v) is 5.77. The average molecular weight is 334 g/mol. The minimum atomic E-state index is -0.457. The molecule has 1 heterocycles. The first-order valence-corrected chi connectivity index (χ1v) is 8.21. The predicted octanol–water partition coefficient (Wildman–Crippen LogP) is 5.25. The zero-order chi connectivity index (χ0) is 14.7. The van der Waals surface area contributed by atoms with Gasteiger partial charge < -0.3 is 5.73 Å². The molecule has 108 valence electrons. The standard InChI is InChI=1S/C14H14ClF2NS2/c1-2-10(18)14(11-5-6-13(15)19-11)20-12-7-8(16)3-4-9(12)17/h3-7,10,14H,2,18H2,1H3. The summed E-state index contributed by atoms with van der Waals surface area (Å²) in [5.41, 5.74) is 6.12. The van der Waals surface area contributed by atoms with Gasteiger partial charge in [-0.05, 0) is 36.8 Å². The SMILES string of the molecule is CCC(N)C(Sc1cc(F)ccc1F)c1ccc(Cl)s1. The van der Waals surface area contributed by atoms with Gasteiger partial charge in [-0.15, -0.1) is 23.1 Å². The molecular formula is C14H14ClF2NS2. The van der Waals surface area contributed by atoms with Gasteiger partial charge in [0, 0.05) is 15.8 Å². The van der Waals surface area contributed by atoms with Crippen molar-refractivity contribution in [3.63, 3.8) is 0 Å². The van der Waals surface area contributed by atoms with Crippen LogP contribution in [0.1, 0.15) is 23.5 Å². The molecule has 1 nitrogen and oxygen atoms in total. The van der Waals surface area contributed by atoms with E-state index in [1.165, 1.54) is 29.2 Å². The summed E-state index contributed by atoms with van der Waals surface area (Å²) in [5, 5.41) is -0.145. The Morgan fingerprint density at radius 3 is 2.65 bits per heavy atom. The lowest BCUT2D eigenvalue weighted by Crippen LogP contribution is -2.25. The van der Waals surface area contributed by atoms with Crippen LogP contribution in [-0.4, -0.2) is 6.04 Å². The maximum Gasteiger partial charge on any atom is 0.136 e. The summed E-state index contributed by atoms with van der Waals surface area (Å²) < 4.78 is 27.7. The van der Waals surface area contributed by atoms with Crippen molar-refractivity contribution in [3.05, 3.63) is 51.2 Å². The highest BCUT2D eigenvalue weighted by molar-refractivity contribution is 7.99. The summed E-state index contributed by atoms with van der Waals surface area (Å²) in [4.78, 5) is 1.24. The second-order valence-corrected chi connectivity index (χ2v) is 7.26. The van der Waals surface area contributed by atoms with Crippen molar-refractivity contribution < 1.29 is 8.78 Å². The van der Waals surface area contributed by atoms with Gasteiger partial charge in [0.25, 0.3) is 0 Å². The molecule has 20 heavy (non-hydrogen) atoms. The van der Waals surface area contributed by atoms with E-state index in [0.29, 0.717) is 4.34 Å². The van der Waals surface area contributed by atoms with Crippen LogP contribution in [0.5, 0.6) is 0 Å². The van der Waals surface area contributed by atoms with Crippen LogP contribution in [-0.2, 0) is 0 Å². The number of rotatable bonds is 5. The lowest BCUT2D eigenvalue weighted by atomic mass is 10.1. The Bertz CT molecular complexity index is 588. The third-order valence-electron chi connectivity index (χ3n) is 2.88. The second kappa shape index (κ2) is 6.89. The molecule has 0 fully saturated rings. The summed E-state index contributed by atoms with van der Waals surface area (Å²) in [6.45, 7) is 1.97. The maximum atomic E-state index is 13.8.